The summed E-state index contributed by atoms with van der Waals surface area (Å²) < 4.78 is 8.41. The number of aliphatic hydroxyl groups is 1. The monoisotopic (exact) mass is 482 g/mol. The molecule has 4 rings (SSSR count). The summed E-state index contributed by atoms with van der Waals surface area (Å²) >= 11 is 6.16. The van der Waals surface area contributed by atoms with E-state index >= 15 is 0 Å². The number of fused-ring (bicyclic) bond motifs is 1. The molecule has 0 aliphatic carbocycles. The van der Waals surface area contributed by atoms with Gasteiger partial charge in [-0.15, -0.1) is 0 Å². The van der Waals surface area contributed by atoms with Crippen LogP contribution in [0, 0.1) is 6.92 Å². The Kier molecular flexibility index (Phi) is 6.80. The van der Waals surface area contributed by atoms with Gasteiger partial charge >= 0.3 is 5.69 Å². The van der Waals surface area contributed by atoms with Gasteiger partial charge in [0.05, 0.1) is 12.8 Å². The van der Waals surface area contributed by atoms with E-state index in [4.69, 9.17) is 16.3 Å². The van der Waals surface area contributed by atoms with Crippen LogP contribution in [0.4, 0.5) is 5.95 Å². The fraction of sp³-hybridized carbons (Fsp3) is 0.217. The highest BCUT2D eigenvalue weighted by Gasteiger charge is 2.20. The van der Waals surface area contributed by atoms with Crippen LogP contribution in [0.15, 0.2) is 63.2 Å². The third kappa shape index (κ3) is 4.87. The Morgan fingerprint density at radius 3 is 2.74 bits per heavy atom. The largest absolute Gasteiger partial charge is 0.491 e. The first-order valence-electron chi connectivity index (χ1n) is 10.4. The first-order chi connectivity index (χ1) is 16.3. The summed E-state index contributed by atoms with van der Waals surface area (Å²) in [5.41, 5.74) is 3.44. The smallest absolute Gasteiger partial charge is 0.329 e. The average Bonchev–Trinajstić information content (AvgIpc) is 3.17. The Bertz CT molecular complexity index is 1470. The molecule has 0 fully saturated rings. The van der Waals surface area contributed by atoms with Gasteiger partial charge in [0.1, 0.15) is 18.5 Å². The quantitative estimate of drug-likeness (QED) is 0.261. The second-order valence-corrected chi connectivity index (χ2v) is 8.07. The van der Waals surface area contributed by atoms with Gasteiger partial charge in [-0.25, -0.2) is 10.2 Å². The third-order valence-electron chi connectivity index (χ3n) is 5.20. The van der Waals surface area contributed by atoms with E-state index in [0.29, 0.717) is 16.3 Å². The van der Waals surface area contributed by atoms with E-state index in [2.05, 4.69) is 20.5 Å². The summed E-state index contributed by atoms with van der Waals surface area (Å²) in [6, 6.07) is 14.6. The normalized spacial score (nSPS) is 12.4. The molecule has 2 aromatic heterocycles. The molecule has 0 bridgehead atoms. The molecule has 0 saturated carbocycles. The molecule has 2 aromatic carbocycles. The second kappa shape index (κ2) is 9.94. The molecule has 0 spiro atoms. The number of nitrogens with zero attached hydrogens (tertiary/aromatic N) is 4. The summed E-state index contributed by atoms with van der Waals surface area (Å²) in [6.07, 6.45) is 0.522. The van der Waals surface area contributed by atoms with Crippen LogP contribution in [0.2, 0.25) is 5.02 Å². The Balaban J connectivity index is 1.64. The molecule has 0 amide bonds. The molecule has 0 aliphatic heterocycles. The Hall–Kier alpha value is -3.89. The van der Waals surface area contributed by atoms with Gasteiger partial charge in [0.25, 0.3) is 5.56 Å². The standard InChI is InChI=1S/C23H23ClN6O4/c1-14-7-3-6-10-18(14)34-13-16(31)12-30-19-20(29(2)23(33)27-21(19)32)26-22(30)28-25-11-15-8-4-5-9-17(15)24/h3-11,16,31H,12-13H2,1-2H3,(H,26,28)(H,27,32,33). The van der Waals surface area contributed by atoms with E-state index in [-0.39, 0.29) is 30.3 Å². The highest BCUT2D eigenvalue weighted by molar-refractivity contribution is 6.33. The minimum Gasteiger partial charge on any atom is -0.491 e. The van der Waals surface area contributed by atoms with Crippen molar-refractivity contribution in [2.75, 3.05) is 12.0 Å². The van der Waals surface area contributed by atoms with Gasteiger partial charge in [0, 0.05) is 17.6 Å². The van der Waals surface area contributed by atoms with Crippen molar-refractivity contribution in [3.8, 4) is 5.75 Å². The third-order valence-corrected chi connectivity index (χ3v) is 5.54. The molecule has 4 aromatic rings. The summed E-state index contributed by atoms with van der Waals surface area (Å²) in [6.45, 7) is 1.86. The van der Waals surface area contributed by atoms with Gasteiger partial charge in [-0.1, -0.05) is 48.0 Å². The fourth-order valence-corrected chi connectivity index (χ4v) is 3.59. The van der Waals surface area contributed by atoms with Crippen LogP contribution in [0.3, 0.4) is 0 Å². The van der Waals surface area contributed by atoms with Gasteiger partial charge in [-0.05, 0) is 24.6 Å². The zero-order valence-electron chi connectivity index (χ0n) is 18.5. The average molecular weight is 483 g/mol. The highest BCUT2D eigenvalue weighted by Crippen LogP contribution is 2.19. The van der Waals surface area contributed by atoms with E-state index in [1.54, 1.807) is 18.2 Å². The number of hydrazone groups is 1. The highest BCUT2D eigenvalue weighted by atomic mass is 35.5. The lowest BCUT2D eigenvalue weighted by atomic mass is 10.2. The molecular formula is C23H23ClN6O4. The molecule has 10 nitrogen and oxygen atoms in total. The van der Waals surface area contributed by atoms with Crippen molar-refractivity contribution >= 4 is 34.9 Å². The number of hydrogen-bond acceptors (Lipinski definition) is 7. The van der Waals surface area contributed by atoms with Gasteiger partial charge in [0.2, 0.25) is 5.95 Å². The van der Waals surface area contributed by atoms with Crippen molar-refractivity contribution in [1.29, 1.82) is 0 Å². The Labute approximate surface area is 199 Å². The lowest BCUT2D eigenvalue weighted by Gasteiger charge is -2.16. The summed E-state index contributed by atoms with van der Waals surface area (Å²) in [7, 11) is 1.49. The lowest BCUT2D eigenvalue weighted by molar-refractivity contribution is 0.0935. The molecule has 1 unspecified atom stereocenters. The van der Waals surface area contributed by atoms with Crippen LogP contribution in [-0.2, 0) is 13.6 Å². The maximum atomic E-state index is 12.6. The number of H-pyrrole nitrogens is 1. The zero-order chi connectivity index (χ0) is 24.2. The first-order valence-corrected chi connectivity index (χ1v) is 10.8. The Morgan fingerprint density at radius 1 is 1.24 bits per heavy atom. The van der Waals surface area contributed by atoms with Crippen molar-refractivity contribution in [1.82, 2.24) is 19.1 Å². The van der Waals surface area contributed by atoms with E-state index in [9.17, 15) is 14.7 Å². The topological polar surface area (TPSA) is 127 Å². The summed E-state index contributed by atoms with van der Waals surface area (Å²) in [5, 5.41) is 15.4. The summed E-state index contributed by atoms with van der Waals surface area (Å²) in [5.74, 6) is 0.819. The van der Waals surface area contributed by atoms with Crippen molar-refractivity contribution in [2.24, 2.45) is 12.1 Å². The van der Waals surface area contributed by atoms with E-state index in [0.717, 1.165) is 5.56 Å². The van der Waals surface area contributed by atoms with E-state index in [1.165, 1.54) is 22.4 Å². The fourth-order valence-electron chi connectivity index (χ4n) is 3.40. The maximum absolute atomic E-state index is 12.6. The van der Waals surface area contributed by atoms with Gasteiger partial charge < -0.3 is 14.4 Å². The van der Waals surface area contributed by atoms with Crippen LogP contribution in [0.1, 0.15) is 11.1 Å². The van der Waals surface area contributed by atoms with Gasteiger partial charge in [0.15, 0.2) is 11.2 Å². The molecule has 34 heavy (non-hydrogen) atoms. The number of para-hydroxylation sites is 1. The van der Waals surface area contributed by atoms with Crippen LogP contribution >= 0.6 is 11.6 Å². The molecule has 3 N–H and O–H groups in total. The minimum absolute atomic E-state index is 0.0173. The van der Waals surface area contributed by atoms with E-state index in [1.807, 2.05) is 37.3 Å². The molecule has 0 radical (unpaired) electrons. The molecule has 176 valence electrons. The molecule has 11 heteroatoms. The SMILES string of the molecule is Cc1ccccc1OCC(O)Cn1c(NN=Cc2ccccc2Cl)nc2c1c(=O)[nH]c(=O)n2C. The number of hydrogen-bond donors (Lipinski definition) is 3. The van der Waals surface area contributed by atoms with Crippen LogP contribution in [0.5, 0.6) is 5.75 Å². The number of aliphatic hydroxyl groups excluding tert-OH is 1. The van der Waals surface area contributed by atoms with E-state index < -0.39 is 17.4 Å². The number of nitrogens with one attached hydrogen (secondary N) is 2. The minimum atomic E-state index is -0.985. The Morgan fingerprint density at radius 2 is 1.97 bits per heavy atom. The molecule has 0 aliphatic rings. The van der Waals surface area contributed by atoms with Gasteiger partial charge in [-0.2, -0.15) is 10.1 Å². The van der Waals surface area contributed by atoms with Gasteiger partial charge in [-0.3, -0.25) is 14.3 Å². The predicted molar refractivity (Wildman–Crippen MR) is 131 cm³/mol. The number of ether oxygens (including phenoxy) is 1. The lowest BCUT2D eigenvalue weighted by Crippen LogP contribution is -2.30. The van der Waals surface area contributed by atoms with Crippen molar-refractivity contribution in [3.63, 3.8) is 0 Å². The zero-order valence-corrected chi connectivity index (χ0v) is 19.3. The van der Waals surface area contributed by atoms with Crippen molar-refractivity contribution in [2.45, 2.75) is 19.6 Å². The number of aromatic nitrogens is 4. The predicted octanol–water partition coefficient (Wildman–Crippen LogP) is 2.27. The van der Waals surface area contributed by atoms with Crippen LogP contribution in [-0.4, -0.2) is 43.1 Å². The molecular weight excluding hydrogens is 460 g/mol. The number of benzene rings is 2. The summed E-state index contributed by atoms with van der Waals surface area (Å²) in [4.78, 5) is 31.3. The number of aryl methyl sites for hydroxylation is 2. The van der Waals surface area contributed by atoms with Crippen LogP contribution in [0.25, 0.3) is 11.2 Å². The number of rotatable bonds is 8. The molecule has 2 heterocycles. The number of imidazole rings is 1. The molecule has 0 saturated heterocycles. The number of anilines is 1. The first kappa shape index (κ1) is 23.3. The van der Waals surface area contributed by atoms with Crippen molar-refractivity contribution < 1.29 is 9.84 Å². The number of halogens is 1. The van der Waals surface area contributed by atoms with Crippen LogP contribution < -0.4 is 21.4 Å². The number of aromatic amines is 1. The maximum Gasteiger partial charge on any atom is 0.329 e. The molecule has 1 atom stereocenters. The second-order valence-electron chi connectivity index (χ2n) is 7.66. The van der Waals surface area contributed by atoms with Crippen molar-refractivity contribution in [3.05, 3.63) is 85.5 Å².